The van der Waals surface area contributed by atoms with Crippen LogP contribution in [0, 0.1) is 0 Å². The number of fused-ring (bicyclic) bond motifs is 19. The van der Waals surface area contributed by atoms with Crippen molar-refractivity contribution in [1.82, 2.24) is 0 Å². The Balaban J connectivity index is 1.18. The van der Waals surface area contributed by atoms with Crippen molar-refractivity contribution in [3.05, 3.63) is 222 Å². The van der Waals surface area contributed by atoms with Crippen LogP contribution < -0.4 is 4.90 Å². The third kappa shape index (κ3) is 3.94. The minimum atomic E-state index is -0.462. The monoisotopic (exact) mass is 723 g/mol. The molecule has 0 atom stereocenters. The number of para-hydroxylation sites is 1. The molecular formula is C55H33NO. The number of nitrogens with zero attached hydrogens (tertiary/aromatic N) is 1. The zero-order chi connectivity index (χ0) is 37.2. The molecule has 0 bridgehead atoms. The van der Waals surface area contributed by atoms with E-state index in [-0.39, 0.29) is 0 Å². The van der Waals surface area contributed by atoms with Gasteiger partial charge in [-0.3, -0.25) is 0 Å². The number of benzene rings is 10. The second-order valence-electron chi connectivity index (χ2n) is 15.5. The molecule has 2 aliphatic carbocycles. The molecule has 0 amide bonds. The van der Waals surface area contributed by atoms with E-state index in [4.69, 9.17) is 4.42 Å². The van der Waals surface area contributed by atoms with E-state index in [1.165, 1.54) is 76.8 Å². The Kier molecular flexibility index (Phi) is 6.13. The zero-order valence-corrected chi connectivity index (χ0v) is 30.9. The Labute approximate surface area is 329 Å². The molecule has 13 rings (SSSR count). The van der Waals surface area contributed by atoms with Crippen LogP contribution in [-0.4, -0.2) is 0 Å². The summed E-state index contributed by atoms with van der Waals surface area (Å²) in [7, 11) is 0. The number of furan rings is 1. The van der Waals surface area contributed by atoms with Gasteiger partial charge >= 0.3 is 0 Å². The molecule has 0 saturated heterocycles. The quantitative estimate of drug-likeness (QED) is 0.169. The van der Waals surface area contributed by atoms with Crippen LogP contribution in [-0.2, 0) is 5.41 Å². The predicted molar refractivity (Wildman–Crippen MR) is 237 cm³/mol. The highest BCUT2D eigenvalue weighted by atomic mass is 16.3. The lowest BCUT2D eigenvalue weighted by Crippen LogP contribution is -2.26. The van der Waals surface area contributed by atoms with E-state index < -0.39 is 5.41 Å². The number of hydrogen-bond acceptors (Lipinski definition) is 2. The van der Waals surface area contributed by atoms with Gasteiger partial charge in [-0.05, 0) is 108 Å². The molecule has 2 heteroatoms. The van der Waals surface area contributed by atoms with Crippen molar-refractivity contribution < 1.29 is 4.42 Å². The number of rotatable bonds is 3. The van der Waals surface area contributed by atoms with E-state index in [0.717, 1.165) is 39.0 Å². The van der Waals surface area contributed by atoms with Crippen LogP contribution in [0.5, 0.6) is 0 Å². The van der Waals surface area contributed by atoms with Crippen molar-refractivity contribution in [2.24, 2.45) is 0 Å². The van der Waals surface area contributed by atoms with Crippen molar-refractivity contribution in [2.75, 3.05) is 4.90 Å². The third-order valence-corrected chi connectivity index (χ3v) is 12.8. The van der Waals surface area contributed by atoms with Crippen LogP contribution in [0.2, 0.25) is 0 Å². The summed E-state index contributed by atoms with van der Waals surface area (Å²) >= 11 is 0. The van der Waals surface area contributed by atoms with Crippen molar-refractivity contribution in [2.45, 2.75) is 5.41 Å². The maximum Gasteiger partial charge on any atom is 0.137 e. The first-order chi connectivity index (χ1) is 28.3. The first kappa shape index (κ1) is 30.9. The van der Waals surface area contributed by atoms with Gasteiger partial charge in [-0.15, -0.1) is 0 Å². The Morgan fingerprint density at radius 3 is 1.39 bits per heavy atom. The van der Waals surface area contributed by atoms with Gasteiger partial charge in [0.05, 0.1) is 22.2 Å². The Morgan fingerprint density at radius 2 is 0.754 bits per heavy atom. The summed E-state index contributed by atoms with van der Waals surface area (Å²) in [6.45, 7) is 0. The van der Waals surface area contributed by atoms with Crippen LogP contribution in [0.1, 0.15) is 22.3 Å². The van der Waals surface area contributed by atoms with Crippen LogP contribution in [0.4, 0.5) is 17.1 Å². The predicted octanol–water partition coefficient (Wildman–Crippen LogP) is 14.9. The van der Waals surface area contributed by atoms with E-state index in [9.17, 15) is 0 Å². The summed E-state index contributed by atoms with van der Waals surface area (Å²) < 4.78 is 6.57. The Morgan fingerprint density at radius 1 is 0.316 bits per heavy atom. The summed E-state index contributed by atoms with van der Waals surface area (Å²) in [5, 5.41) is 9.68. The molecule has 0 fully saturated rings. The molecule has 0 aliphatic heterocycles. The fourth-order valence-electron chi connectivity index (χ4n) is 10.7. The fraction of sp³-hybridized carbons (Fsp3) is 0.0182. The van der Waals surface area contributed by atoms with Crippen LogP contribution in [0.15, 0.2) is 205 Å². The molecule has 11 aromatic rings. The minimum absolute atomic E-state index is 0.462. The van der Waals surface area contributed by atoms with E-state index in [2.05, 4.69) is 205 Å². The first-order valence-electron chi connectivity index (χ1n) is 19.8. The maximum atomic E-state index is 6.57. The van der Waals surface area contributed by atoms with E-state index in [1.807, 2.05) is 0 Å². The molecule has 264 valence electrons. The van der Waals surface area contributed by atoms with Crippen molar-refractivity contribution in [3.63, 3.8) is 0 Å². The molecule has 1 heterocycles. The average molecular weight is 724 g/mol. The summed E-state index contributed by atoms with van der Waals surface area (Å²) in [4.78, 5) is 2.51. The molecule has 57 heavy (non-hydrogen) atoms. The summed E-state index contributed by atoms with van der Waals surface area (Å²) in [5.41, 5.74) is 15.1. The van der Waals surface area contributed by atoms with Gasteiger partial charge in [0.1, 0.15) is 11.2 Å². The molecule has 10 aromatic carbocycles. The third-order valence-electron chi connectivity index (χ3n) is 12.8. The van der Waals surface area contributed by atoms with Gasteiger partial charge in [0.15, 0.2) is 0 Å². The van der Waals surface area contributed by atoms with Gasteiger partial charge in [0, 0.05) is 16.5 Å². The lowest BCUT2D eigenvalue weighted by Gasteiger charge is -2.33. The molecule has 0 saturated carbocycles. The van der Waals surface area contributed by atoms with Gasteiger partial charge in [0.25, 0.3) is 0 Å². The Hall–Kier alpha value is -7.42. The highest BCUT2D eigenvalue weighted by Gasteiger charge is 2.51. The van der Waals surface area contributed by atoms with Gasteiger partial charge < -0.3 is 9.32 Å². The largest absolute Gasteiger partial charge is 0.456 e. The van der Waals surface area contributed by atoms with E-state index >= 15 is 0 Å². The van der Waals surface area contributed by atoms with Crippen molar-refractivity contribution >= 4 is 71.3 Å². The van der Waals surface area contributed by atoms with Crippen molar-refractivity contribution in [1.29, 1.82) is 0 Å². The summed E-state index contributed by atoms with van der Waals surface area (Å²) in [6.07, 6.45) is 0. The van der Waals surface area contributed by atoms with E-state index in [1.54, 1.807) is 0 Å². The van der Waals surface area contributed by atoms with Crippen molar-refractivity contribution in [3.8, 4) is 22.3 Å². The second kappa shape index (κ2) is 11.3. The van der Waals surface area contributed by atoms with Gasteiger partial charge in [0.2, 0.25) is 0 Å². The first-order valence-corrected chi connectivity index (χ1v) is 19.8. The average Bonchev–Trinajstić information content (AvgIpc) is 3.91. The highest BCUT2D eigenvalue weighted by Crippen LogP contribution is 2.63. The minimum Gasteiger partial charge on any atom is -0.456 e. The summed E-state index contributed by atoms with van der Waals surface area (Å²) in [5.74, 6) is 0. The molecule has 1 spiro atoms. The lowest BCUT2D eigenvalue weighted by atomic mass is 9.70. The smallest absolute Gasteiger partial charge is 0.137 e. The van der Waals surface area contributed by atoms with Gasteiger partial charge in [-0.1, -0.05) is 164 Å². The van der Waals surface area contributed by atoms with Gasteiger partial charge in [-0.2, -0.15) is 0 Å². The molecular weight excluding hydrogens is 691 g/mol. The number of hydrogen-bond donors (Lipinski definition) is 0. The zero-order valence-electron chi connectivity index (χ0n) is 30.9. The normalized spacial score (nSPS) is 13.4. The Bertz CT molecular complexity index is 3390. The van der Waals surface area contributed by atoms with Crippen LogP contribution in [0.3, 0.4) is 0 Å². The highest BCUT2D eigenvalue weighted by molar-refractivity contribution is 6.29. The molecule has 0 unspecified atom stereocenters. The molecule has 1 aromatic heterocycles. The molecule has 2 nitrogen and oxygen atoms in total. The van der Waals surface area contributed by atoms with Gasteiger partial charge in [-0.25, -0.2) is 0 Å². The topological polar surface area (TPSA) is 16.4 Å². The molecule has 0 radical (unpaired) electrons. The number of anilines is 3. The van der Waals surface area contributed by atoms with Crippen LogP contribution >= 0.6 is 0 Å². The molecule has 2 aliphatic rings. The standard InChI is InChI=1S/C55H33NO/c1-2-16-37-35(15-1)36-17-3-4-21-42(36)53-43(37)23-13-27-49(53)56(50-28-14-30-52-54(50)44-22-8-12-29-51(44)57-52)34-31-32-41-40-20-7-11-26-47(40)55(48(41)33-34)45-24-9-5-18-38(45)39-19-6-10-25-46(39)55/h1-33H. The lowest BCUT2D eigenvalue weighted by molar-refractivity contribution is 0.669. The second-order valence-corrected chi connectivity index (χ2v) is 15.5. The molecule has 0 N–H and O–H groups in total. The SMILES string of the molecule is c1ccc2c(c1)-c1ccccc1C21c2ccccc2-c2ccc(N(c3cccc4oc5ccccc5c34)c3cccc4c5ccccc5c5ccccc5c34)cc21. The van der Waals surface area contributed by atoms with Crippen LogP contribution in [0.25, 0.3) is 76.5 Å². The summed E-state index contributed by atoms with van der Waals surface area (Å²) in [6, 6.07) is 73.9. The fourth-order valence-corrected chi connectivity index (χ4v) is 10.7. The van der Waals surface area contributed by atoms with E-state index in [0.29, 0.717) is 0 Å². The maximum absolute atomic E-state index is 6.57.